The highest BCUT2D eigenvalue weighted by Crippen LogP contribution is 2.29. The summed E-state index contributed by atoms with van der Waals surface area (Å²) in [5.74, 6) is 0.261. The van der Waals surface area contributed by atoms with Gasteiger partial charge < -0.3 is 14.8 Å². The Hall–Kier alpha value is -1.64. The van der Waals surface area contributed by atoms with E-state index >= 15 is 0 Å². The molecule has 110 valence electrons. The predicted molar refractivity (Wildman–Crippen MR) is 72.2 cm³/mol. The fourth-order valence-electron chi connectivity index (χ4n) is 1.73. The van der Waals surface area contributed by atoms with Crippen molar-refractivity contribution in [3.8, 4) is 5.75 Å². The van der Waals surface area contributed by atoms with Crippen molar-refractivity contribution in [3.63, 3.8) is 0 Å². The Morgan fingerprint density at radius 2 is 2.25 bits per heavy atom. The van der Waals surface area contributed by atoms with E-state index in [1.807, 2.05) is 0 Å². The van der Waals surface area contributed by atoms with Gasteiger partial charge in [-0.25, -0.2) is 13.1 Å². The van der Waals surface area contributed by atoms with E-state index in [-0.39, 0.29) is 37.0 Å². The van der Waals surface area contributed by atoms with E-state index in [1.165, 1.54) is 25.3 Å². The Morgan fingerprint density at radius 1 is 1.45 bits per heavy atom. The van der Waals surface area contributed by atoms with Crippen LogP contribution in [0, 0.1) is 0 Å². The lowest BCUT2D eigenvalue weighted by Crippen LogP contribution is -2.27. The van der Waals surface area contributed by atoms with Crippen LogP contribution in [-0.2, 0) is 19.6 Å². The van der Waals surface area contributed by atoms with Crippen molar-refractivity contribution in [1.82, 2.24) is 4.72 Å². The van der Waals surface area contributed by atoms with Crippen LogP contribution in [0.15, 0.2) is 23.1 Å². The van der Waals surface area contributed by atoms with Crippen molar-refractivity contribution >= 4 is 21.6 Å². The molecule has 0 bridgehead atoms. The smallest absolute Gasteiger partial charge is 0.240 e. The first kappa shape index (κ1) is 14.8. The van der Waals surface area contributed by atoms with E-state index in [0.29, 0.717) is 11.4 Å². The summed E-state index contributed by atoms with van der Waals surface area (Å²) >= 11 is 0. The number of fused-ring (bicyclic) bond motifs is 1. The third kappa shape index (κ3) is 3.47. The molecule has 1 heterocycles. The highest BCUT2D eigenvalue weighted by atomic mass is 32.2. The van der Waals surface area contributed by atoms with Crippen LogP contribution >= 0.6 is 0 Å². The van der Waals surface area contributed by atoms with Crippen molar-refractivity contribution in [1.29, 1.82) is 0 Å². The molecule has 1 amide bonds. The molecule has 0 unspecified atom stereocenters. The molecule has 1 aliphatic rings. The minimum Gasteiger partial charge on any atom is -0.491 e. The molecule has 0 saturated carbocycles. The van der Waals surface area contributed by atoms with Crippen LogP contribution in [0.4, 0.5) is 5.69 Å². The maximum atomic E-state index is 12.0. The van der Waals surface area contributed by atoms with Gasteiger partial charge in [0.05, 0.1) is 30.2 Å². The molecule has 2 N–H and O–H groups in total. The molecule has 8 heteroatoms. The van der Waals surface area contributed by atoms with Crippen molar-refractivity contribution in [2.45, 2.75) is 11.3 Å². The zero-order valence-electron chi connectivity index (χ0n) is 11.0. The predicted octanol–water partition coefficient (Wildman–Crippen LogP) is 0.332. The first-order valence-corrected chi connectivity index (χ1v) is 7.56. The lowest BCUT2D eigenvalue weighted by Gasteiger charge is -2.10. The van der Waals surface area contributed by atoms with E-state index < -0.39 is 10.0 Å². The highest BCUT2D eigenvalue weighted by Gasteiger charge is 2.19. The molecule has 1 aromatic rings. The van der Waals surface area contributed by atoms with Gasteiger partial charge in [-0.3, -0.25) is 4.79 Å². The minimum absolute atomic E-state index is 0.0677. The van der Waals surface area contributed by atoms with Crippen LogP contribution in [0.2, 0.25) is 0 Å². The van der Waals surface area contributed by atoms with E-state index in [1.54, 1.807) is 0 Å². The second-order valence-corrected chi connectivity index (χ2v) is 5.96. The molecule has 0 fully saturated rings. The third-order valence-electron chi connectivity index (χ3n) is 2.72. The largest absolute Gasteiger partial charge is 0.491 e. The van der Waals surface area contributed by atoms with E-state index in [9.17, 15) is 13.2 Å². The molecule has 1 aliphatic heterocycles. The average Bonchev–Trinajstić information content (AvgIpc) is 2.58. The minimum atomic E-state index is -3.63. The molecule has 7 nitrogen and oxygen atoms in total. The summed E-state index contributed by atoms with van der Waals surface area (Å²) in [7, 11) is -2.14. The number of methoxy groups -OCH3 is 1. The number of hydrogen-bond donors (Lipinski definition) is 2. The lowest BCUT2D eigenvalue weighted by atomic mass is 10.3. The molecule has 0 aromatic heterocycles. The Bertz CT molecular complexity index is 600. The van der Waals surface area contributed by atoms with Crippen molar-refractivity contribution in [2.24, 2.45) is 0 Å². The number of anilines is 1. The first-order chi connectivity index (χ1) is 9.53. The molecule has 1 aromatic carbocycles. The summed E-state index contributed by atoms with van der Waals surface area (Å²) in [4.78, 5) is 11.5. The summed E-state index contributed by atoms with van der Waals surface area (Å²) < 4.78 is 36.6. The highest BCUT2D eigenvalue weighted by molar-refractivity contribution is 7.89. The second-order valence-electron chi connectivity index (χ2n) is 4.20. The molecule has 2 rings (SSSR count). The molecular formula is C12H16N2O5S. The van der Waals surface area contributed by atoms with Crippen molar-refractivity contribution in [2.75, 3.05) is 32.2 Å². The van der Waals surface area contributed by atoms with E-state index in [2.05, 4.69) is 10.0 Å². The number of ether oxygens (including phenoxy) is 2. The number of nitrogens with one attached hydrogen (secondary N) is 2. The Kier molecular flexibility index (Phi) is 4.58. The van der Waals surface area contributed by atoms with Gasteiger partial charge in [-0.05, 0) is 18.2 Å². The van der Waals surface area contributed by atoms with Gasteiger partial charge in [-0.15, -0.1) is 0 Å². The number of amides is 1. The van der Waals surface area contributed by atoms with Crippen molar-refractivity contribution in [3.05, 3.63) is 18.2 Å². The molecular weight excluding hydrogens is 284 g/mol. The third-order valence-corrected chi connectivity index (χ3v) is 4.18. The number of benzene rings is 1. The lowest BCUT2D eigenvalue weighted by molar-refractivity contribution is -0.116. The van der Waals surface area contributed by atoms with Gasteiger partial charge in [-0.2, -0.15) is 0 Å². The molecule has 0 aliphatic carbocycles. The number of carbonyl (C=O) groups excluding carboxylic acids is 1. The zero-order chi connectivity index (χ0) is 14.6. The Balaban J connectivity index is 2.23. The number of hydrogen-bond acceptors (Lipinski definition) is 5. The number of sulfonamides is 1. The van der Waals surface area contributed by atoms with Gasteiger partial charge in [-0.1, -0.05) is 0 Å². The maximum Gasteiger partial charge on any atom is 0.240 e. The maximum absolute atomic E-state index is 12.0. The summed E-state index contributed by atoms with van der Waals surface area (Å²) in [6.45, 7) is 0.736. The standard InChI is InChI=1S/C12H16N2O5S/c1-18-7-5-13-20(16,17)9-2-3-11-10(8-9)14-12(15)4-6-19-11/h2-3,8,13H,4-7H2,1H3,(H,14,15). The van der Waals surface area contributed by atoms with E-state index in [0.717, 1.165) is 0 Å². The van der Waals surface area contributed by atoms with Crippen LogP contribution in [0.3, 0.4) is 0 Å². The number of rotatable bonds is 5. The second kappa shape index (κ2) is 6.21. The van der Waals surface area contributed by atoms with Crippen LogP contribution in [0.25, 0.3) is 0 Å². The van der Waals surface area contributed by atoms with Gasteiger partial charge in [0.15, 0.2) is 0 Å². The molecule has 0 saturated heterocycles. The van der Waals surface area contributed by atoms with Crippen molar-refractivity contribution < 1.29 is 22.7 Å². The van der Waals surface area contributed by atoms with Gasteiger partial charge >= 0.3 is 0 Å². The Morgan fingerprint density at radius 3 is 3.00 bits per heavy atom. The van der Waals surface area contributed by atoms with Gasteiger partial charge in [0.1, 0.15) is 5.75 Å². The monoisotopic (exact) mass is 300 g/mol. The molecule has 20 heavy (non-hydrogen) atoms. The fraction of sp³-hybridized carbons (Fsp3) is 0.417. The van der Waals surface area contributed by atoms with Crippen LogP contribution in [0.1, 0.15) is 6.42 Å². The van der Waals surface area contributed by atoms with Gasteiger partial charge in [0.2, 0.25) is 15.9 Å². The topological polar surface area (TPSA) is 93.7 Å². The van der Waals surface area contributed by atoms with E-state index in [4.69, 9.17) is 9.47 Å². The quantitative estimate of drug-likeness (QED) is 0.764. The summed E-state index contributed by atoms with van der Waals surface area (Å²) in [5.41, 5.74) is 0.363. The normalized spacial score (nSPS) is 14.9. The Labute approximate surface area is 117 Å². The van der Waals surface area contributed by atoms with Gasteiger partial charge in [0.25, 0.3) is 0 Å². The van der Waals surface area contributed by atoms with Gasteiger partial charge in [0, 0.05) is 13.7 Å². The molecule has 0 atom stereocenters. The van der Waals surface area contributed by atoms with Crippen LogP contribution in [0.5, 0.6) is 5.75 Å². The number of carbonyl (C=O) groups is 1. The summed E-state index contributed by atoms with van der Waals surface area (Å²) in [6, 6.07) is 4.35. The van der Waals surface area contributed by atoms with Crippen LogP contribution < -0.4 is 14.8 Å². The molecule has 0 radical (unpaired) electrons. The fourth-order valence-corrected chi connectivity index (χ4v) is 2.77. The van der Waals surface area contributed by atoms with Crippen LogP contribution in [-0.4, -0.2) is 41.2 Å². The SMILES string of the molecule is COCCNS(=O)(=O)c1ccc2c(c1)NC(=O)CCO2. The average molecular weight is 300 g/mol. The molecule has 0 spiro atoms. The first-order valence-electron chi connectivity index (χ1n) is 6.08. The summed E-state index contributed by atoms with van der Waals surface area (Å²) in [5, 5.41) is 2.62. The zero-order valence-corrected chi connectivity index (χ0v) is 11.8. The summed E-state index contributed by atoms with van der Waals surface area (Å²) in [6.07, 6.45) is 0.239.